The number of carbonyl (C=O) groups excluding carboxylic acids is 1. The van der Waals surface area contributed by atoms with E-state index in [4.69, 9.17) is 4.74 Å². The Hall–Kier alpha value is -2.35. The van der Waals surface area contributed by atoms with Crippen LogP contribution >= 0.6 is 0 Å². The van der Waals surface area contributed by atoms with Crippen LogP contribution in [-0.4, -0.2) is 11.9 Å². The molecular weight excluding hydrogens is 284 g/mol. The van der Waals surface area contributed by atoms with E-state index in [1.807, 2.05) is 12.1 Å². The predicted octanol–water partition coefficient (Wildman–Crippen LogP) is 4.89. The average molecular weight is 302 g/mol. The first-order valence-corrected chi connectivity index (χ1v) is 8.49. The monoisotopic (exact) mass is 302 g/mol. The molecule has 0 amide bonds. The van der Waals surface area contributed by atoms with Crippen molar-refractivity contribution >= 4 is 22.3 Å². The molecule has 2 aliphatic carbocycles. The molecule has 0 saturated heterocycles. The van der Waals surface area contributed by atoms with Gasteiger partial charge >= 0.3 is 0 Å². The Morgan fingerprint density at radius 3 is 2.70 bits per heavy atom. The van der Waals surface area contributed by atoms with Crippen LogP contribution in [-0.2, 0) is 4.74 Å². The summed E-state index contributed by atoms with van der Waals surface area (Å²) >= 11 is 0. The molecule has 23 heavy (non-hydrogen) atoms. The third kappa shape index (κ3) is 1.78. The topological polar surface area (TPSA) is 26.3 Å². The number of rotatable bonds is 0. The molecule has 1 heterocycles. The highest BCUT2D eigenvalue weighted by atomic mass is 16.5. The molecule has 2 atom stereocenters. The molecule has 5 rings (SSSR count). The van der Waals surface area contributed by atoms with Gasteiger partial charge in [-0.25, -0.2) is 0 Å². The first-order valence-electron chi connectivity index (χ1n) is 8.49. The zero-order valence-electron chi connectivity index (χ0n) is 12.9. The van der Waals surface area contributed by atoms with Crippen LogP contribution in [0.4, 0.5) is 0 Å². The minimum atomic E-state index is 0.0221. The number of hydrogen-bond acceptors (Lipinski definition) is 2. The van der Waals surface area contributed by atoms with Gasteiger partial charge in [-0.1, -0.05) is 48.9 Å². The molecule has 2 aromatic rings. The van der Waals surface area contributed by atoms with Crippen molar-refractivity contribution in [3.63, 3.8) is 0 Å². The largest absolute Gasteiger partial charge is 0.485 e. The lowest BCUT2D eigenvalue weighted by atomic mass is 9.79. The van der Waals surface area contributed by atoms with Crippen molar-refractivity contribution in [1.82, 2.24) is 0 Å². The third-order valence-electron chi connectivity index (χ3n) is 5.37. The summed E-state index contributed by atoms with van der Waals surface area (Å²) in [5, 5.41) is 2.17. The summed E-state index contributed by atoms with van der Waals surface area (Å²) in [5.41, 5.74) is 2.84. The number of hydrogen-bond donors (Lipinski definition) is 0. The van der Waals surface area contributed by atoms with Gasteiger partial charge in [-0.3, -0.25) is 4.79 Å². The lowest BCUT2D eigenvalue weighted by molar-refractivity contribution is 0.102. The molecule has 0 N–H and O–H groups in total. The van der Waals surface area contributed by atoms with E-state index in [1.165, 1.54) is 6.42 Å². The zero-order chi connectivity index (χ0) is 15.4. The van der Waals surface area contributed by atoms with Crippen molar-refractivity contribution in [2.45, 2.75) is 31.8 Å². The summed E-state index contributed by atoms with van der Waals surface area (Å²) in [7, 11) is 0. The second-order valence-corrected chi connectivity index (χ2v) is 6.68. The highest BCUT2D eigenvalue weighted by Crippen LogP contribution is 2.47. The third-order valence-corrected chi connectivity index (χ3v) is 5.37. The van der Waals surface area contributed by atoms with Gasteiger partial charge in [-0.05, 0) is 30.7 Å². The number of allylic oxidation sites excluding steroid dienone is 1. The van der Waals surface area contributed by atoms with E-state index in [1.54, 1.807) is 0 Å². The standard InChI is InChI=1S/C21H18O2/c22-20-15-10-5-7-13-8-6-11-16(18(13)15)21-19(20)14-9-3-1-2-4-12-17(14)23-21/h4-8,10-12,14,17H,1-3,9H2/b12-4-/t14-,17+/m1/s1. The van der Waals surface area contributed by atoms with E-state index in [-0.39, 0.29) is 17.8 Å². The van der Waals surface area contributed by atoms with Gasteiger partial charge in [0.05, 0.1) is 0 Å². The molecule has 0 unspecified atom stereocenters. The second-order valence-electron chi connectivity index (χ2n) is 6.68. The number of benzene rings is 2. The minimum Gasteiger partial charge on any atom is -0.485 e. The van der Waals surface area contributed by atoms with Gasteiger partial charge in [-0.15, -0.1) is 0 Å². The highest BCUT2D eigenvalue weighted by Gasteiger charge is 2.42. The normalized spacial score (nSPS) is 27.0. The van der Waals surface area contributed by atoms with Gasteiger partial charge in [0.2, 0.25) is 0 Å². The SMILES string of the molecule is O=C1C2=C(O[C@H]3/C=C\CCCC[C@@H]23)c2cccc3cccc1c23. The van der Waals surface area contributed by atoms with Crippen LogP contribution in [0.25, 0.3) is 16.5 Å². The molecule has 114 valence electrons. The molecule has 2 heteroatoms. The Kier molecular flexibility index (Phi) is 2.75. The van der Waals surface area contributed by atoms with Crippen LogP contribution in [0.1, 0.15) is 41.6 Å². The van der Waals surface area contributed by atoms with Gasteiger partial charge < -0.3 is 4.74 Å². The molecule has 1 aliphatic heterocycles. The molecule has 3 aliphatic rings. The summed E-state index contributed by atoms with van der Waals surface area (Å²) < 4.78 is 6.29. The van der Waals surface area contributed by atoms with Gasteiger partial charge in [0.1, 0.15) is 11.9 Å². The maximum Gasteiger partial charge on any atom is 0.193 e. The highest BCUT2D eigenvalue weighted by molar-refractivity contribution is 6.24. The fourth-order valence-electron chi connectivity index (χ4n) is 4.30. The summed E-state index contributed by atoms with van der Waals surface area (Å²) in [5.74, 6) is 1.21. The van der Waals surface area contributed by atoms with Crippen molar-refractivity contribution < 1.29 is 9.53 Å². The van der Waals surface area contributed by atoms with E-state index < -0.39 is 0 Å². The quantitative estimate of drug-likeness (QED) is 0.647. The van der Waals surface area contributed by atoms with Gasteiger partial charge in [0.15, 0.2) is 5.78 Å². The first-order chi connectivity index (χ1) is 11.3. The van der Waals surface area contributed by atoms with Crippen LogP contribution < -0.4 is 0 Å². The summed E-state index contributed by atoms with van der Waals surface area (Å²) in [6.07, 6.45) is 8.91. The number of ketones is 1. The van der Waals surface area contributed by atoms with E-state index in [0.717, 1.165) is 52.5 Å². The van der Waals surface area contributed by atoms with E-state index in [2.05, 4.69) is 36.4 Å². The number of ether oxygens (including phenoxy) is 1. The molecule has 0 spiro atoms. The Morgan fingerprint density at radius 2 is 1.83 bits per heavy atom. The van der Waals surface area contributed by atoms with Crippen molar-refractivity contribution in [2.75, 3.05) is 0 Å². The second kappa shape index (κ2) is 4.82. The summed E-state index contributed by atoms with van der Waals surface area (Å²) in [4.78, 5) is 13.2. The molecule has 0 radical (unpaired) electrons. The molecule has 2 aromatic carbocycles. The Bertz CT molecular complexity index is 883. The summed E-state index contributed by atoms with van der Waals surface area (Å²) in [6, 6.07) is 12.2. The van der Waals surface area contributed by atoms with E-state index in [9.17, 15) is 4.79 Å². The molecule has 0 fully saturated rings. The maximum absolute atomic E-state index is 13.2. The molecule has 0 aromatic heterocycles. The van der Waals surface area contributed by atoms with Crippen molar-refractivity contribution in [3.8, 4) is 0 Å². The van der Waals surface area contributed by atoms with Crippen molar-refractivity contribution in [2.24, 2.45) is 5.92 Å². The Balaban J connectivity index is 1.75. The van der Waals surface area contributed by atoms with E-state index >= 15 is 0 Å². The van der Waals surface area contributed by atoms with Crippen LogP contribution in [0.5, 0.6) is 0 Å². The minimum absolute atomic E-state index is 0.0221. The summed E-state index contributed by atoms with van der Waals surface area (Å²) in [6.45, 7) is 0. The van der Waals surface area contributed by atoms with Crippen molar-refractivity contribution in [3.05, 3.63) is 65.3 Å². The Morgan fingerprint density at radius 1 is 1.00 bits per heavy atom. The average Bonchev–Trinajstić information content (AvgIpc) is 2.90. The van der Waals surface area contributed by atoms with E-state index in [0.29, 0.717) is 0 Å². The molecule has 0 saturated carbocycles. The van der Waals surface area contributed by atoms with Gasteiger partial charge in [-0.2, -0.15) is 0 Å². The number of carbonyl (C=O) groups is 1. The maximum atomic E-state index is 13.2. The van der Waals surface area contributed by atoms with Crippen LogP contribution in [0.3, 0.4) is 0 Å². The molecule has 0 bridgehead atoms. The van der Waals surface area contributed by atoms with Crippen molar-refractivity contribution in [1.29, 1.82) is 0 Å². The van der Waals surface area contributed by atoms with Crippen LogP contribution in [0.15, 0.2) is 54.1 Å². The first kappa shape index (κ1) is 13.1. The lowest BCUT2D eigenvalue weighted by Crippen LogP contribution is -2.21. The molecular formula is C21H18O2. The smallest absolute Gasteiger partial charge is 0.193 e. The number of fused-ring (bicyclic) bond motifs is 3. The number of Topliss-reactive ketones (excluding diaryl/α,β-unsaturated/α-hetero) is 1. The zero-order valence-corrected chi connectivity index (χ0v) is 12.9. The van der Waals surface area contributed by atoms with Gasteiger partial charge in [0, 0.05) is 28.0 Å². The fraction of sp³-hybridized carbons (Fsp3) is 0.286. The predicted molar refractivity (Wildman–Crippen MR) is 91.2 cm³/mol. The molecule has 2 nitrogen and oxygen atoms in total. The Labute approximate surface area is 135 Å². The lowest BCUT2D eigenvalue weighted by Gasteiger charge is -2.20. The van der Waals surface area contributed by atoms with Crippen LogP contribution in [0.2, 0.25) is 0 Å². The fourth-order valence-corrected chi connectivity index (χ4v) is 4.30. The van der Waals surface area contributed by atoms with Crippen LogP contribution in [0, 0.1) is 5.92 Å². The van der Waals surface area contributed by atoms with Gasteiger partial charge in [0.25, 0.3) is 0 Å².